The van der Waals surface area contributed by atoms with Crippen LogP contribution in [-0.2, 0) is 11.2 Å². The second kappa shape index (κ2) is 5.36. The van der Waals surface area contributed by atoms with Crippen LogP contribution in [0.25, 0.3) is 0 Å². The SMILES string of the molecule is CCCc1nnc(NC(=O)C2CCNC2)s1. The number of amides is 1. The van der Waals surface area contributed by atoms with Crippen molar-refractivity contribution in [2.75, 3.05) is 18.4 Å². The van der Waals surface area contributed by atoms with E-state index in [1.54, 1.807) is 0 Å². The maximum Gasteiger partial charge on any atom is 0.230 e. The van der Waals surface area contributed by atoms with Crippen LogP contribution in [0.2, 0.25) is 0 Å². The number of carbonyl (C=O) groups is 1. The smallest absolute Gasteiger partial charge is 0.230 e. The van der Waals surface area contributed by atoms with Gasteiger partial charge in [-0.1, -0.05) is 18.3 Å². The molecule has 0 aromatic carbocycles. The van der Waals surface area contributed by atoms with E-state index in [9.17, 15) is 4.79 Å². The third-order valence-electron chi connectivity index (χ3n) is 2.59. The van der Waals surface area contributed by atoms with Gasteiger partial charge in [0.2, 0.25) is 11.0 Å². The van der Waals surface area contributed by atoms with Gasteiger partial charge in [-0.2, -0.15) is 0 Å². The summed E-state index contributed by atoms with van der Waals surface area (Å²) < 4.78 is 0. The normalized spacial score (nSPS) is 19.9. The average molecular weight is 240 g/mol. The fourth-order valence-corrected chi connectivity index (χ4v) is 2.55. The van der Waals surface area contributed by atoms with E-state index >= 15 is 0 Å². The number of rotatable bonds is 4. The van der Waals surface area contributed by atoms with Crippen molar-refractivity contribution in [3.63, 3.8) is 0 Å². The first kappa shape index (κ1) is 11.5. The second-order valence-corrected chi connectivity index (χ2v) is 4.99. The molecule has 2 heterocycles. The Morgan fingerprint density at radius 1 is 1.62 bits per heavy atom. The highest BCUT2D eigenvalue weighted by atomic mass is 32.1. The van der Waals surface area contributed by atoms with Crippen molar-refractivity contribution >= 4 is 22.4 Å². The molecule has 1 aromatic heterocycles. The Bertz CT molecular complexity index is 359. The zero-order valence-corrected chi connectivity index (χ0v) is 10.1. The van der Waals surface area contributed by atoms with Crippen LogP contribution in [0.15, 0.2) is 0 Å². The molecule has 5 nitrogen and oxygen atoms in total. The minimum atomic E-state index is 0.0594. The Labute approximate surface area is 98.7 Å². The minimum Gasteiger partial charge on any atom is -0.316 e. The number of hydrogen-bond acceptors (Lipinski definition) is 5. The molecular weight excluding hydrogens is 224 g/mol. The highest BCUT2D eigenvalue weighted by molar-refractivity contribution is 7.15. The van der Waals surface area contributed by atoms with Crippen molar-refractivity contribution in [1.82, 2.24) is 15.5 Å². The molecule has 1 aliphatic heterocycles. The monoisotopic (exact) mass is 240 g/mol. The Morgan fingerprint density at radius 3 is 3.19 bits per heavy atom. The predicted molar refractivity (Wildman–Crippen MR) is 63.5 cm³/mol. The summed E-state index contributed by atoms with van der Waals surface area (Å²) in [5.41, 5.74) is 0. The van der Waals surface area contributed by atoms with Gasteiger partial charge < -0.3 is 10.6 Å². The van der Waals surface area contributed by atoms with E-state index in [4.69, 9.17) is 0 Å². The van der Waals surface area contributed by atoms with Crippen molar-refractivity contribution in [2.45, 2.75) is 26.2 Å². The lowest BCUT2D eigenvalue weighted by Crippen LogP contribution is -2.24. The van der Waals surface area contributed by atoms with Gasteiger partial charge in [0.1, 0.15) is 5.01 Å². The summed E-state index contributed by atoms with van der Waals surface area (Å²) in [6.07, 6.45) is 2.89. The summed E-state index contributed by atoms with van der Waals surface area (Å²) in [6, 6.07) is 0. The summed E-state index contributed by atoms with van der Waals surface area (Å²) in [5, 5.41) is 15.6. The molecule has 1 unspecified atom stereocenters. The quantitative estimate of drug-likeness (QED) is 0.825. The maximum atomic E-state index is 11.8. The van der Waals surface area contributed by atoms with Crippen molar-refractivity contribution in [1.29, 1.82) is 0 Å². The molecule has 0 aliphatic carbocycles. The van der Waals surface area contributed by atoms with Gasteiger partial charge in [-0.3, -0.25) is 4.79 Å². The van der Waals surface area contributed by atoms with Crippen LogP contribution in [-0.4, -0.2) is 29.2 Å². The first-order chi connectivity index (χ1) is 7.79. The van der Waals surface area contributed by atoms with Gasteiger partial charge in [0.25, 0.3) is 0 Å². The lowest BCUT2D eigenvalue weighted by molar-refractivity contribution is -0.119. The van der Waals surface area contributed by atoms with Crippen molar-refractivity contribution < 1.29 is 4.79 Å². The fraction of sp³-hybridized carbons (Fsp3) is 0.700. The Hall–Kier alpha value is -1.01. The van der Waals surface area contributed by atoms with E-state index < -0.39 is 0 Å². The molecule has 0 radical (unpaired) electrons. The third-order valence-corrected chi connectivity index (χ3v) is 3.49. The van der Waals surface area contributed by atoms with Crippen LogP contribution in [0.1, 0.15) is 24.8 Å². The summed E-state index contributed by atoms with van der Waals surface area (Å²) in [4.78, 5) is 11.8. The van der Waals surface area contributed by atoms with Crippen LogP contribution in [0.5, 0.6) is 0 Å². The van der Waals surface area contributed by atoms with E-state index in [1.807, 2.05) is 0 Å². The van der Waals surface area contributed by atoms with Gasteiger partial charge in [0, 0.05) is 13.0 Å². The summed E-state index contributed by atoms with van der Waals surface area (Å²) in [7, 11) is 0. The molecule has 0 bridgehead atoms. The predicted octanol–water partition coefficient (Wildman–Crippen LogP) is 1.04. The second-order valence-electron chi connectivity index (χ2n) is 3.93. The molecule has 1 atom stereocenters. The maximum absolute atomic E-state index is 11.8. The van der Waals surface area contributed by atoms with E-state index in [1.165, 1.54) is 11.3 Å². The zero-order valence-electron chi connectivity index (χ0n) is 9.32. The van der Waals surface area contributed by atoms with E-state index in [-0.39, 0.29) is 11.8 Å². The third kappa shape index (κ3) is 2.76. The summed E-state index contributed by atoms with van der Waals surface area (Å²) in [6.45, 7) is 3.80. The zero-order chi connectivity index (χ0) is 11.4. The standard InChI is InChI=1S/C10H16N4OS/c1-2-3-8-13-14-10(16-8)12-9(15)7-4-5-11-6-7/h7,11H,2-6H2,1H3,(H,12,14,15). The van der Waals surface area contributed by atoms with E-state index in [0.29, 0.717) is 5.13 Å². The number of anilines is 1. The van der Waals surface area contributed by atoms with E-state index in [0.717, 1.165) is 37.4 Å². The molecule has 88 valence electrons. The van der Waals surface area contributed by atoms with Gasteiger partial charge in [-0.15, -0.1) is 10.2 Å². The molecule has 1 amide bonds. The molecule has 1 saturated heterocycles. The Morgan fingerprint density at radius 2 is 2.50 bits per heavy atom. The number of hydrogen-bond donors (Lipinski definition) is 2. The van der Waals surface area contributed by atoms with Crippen LogP contribution in [0, 0.1) is 5.92 Å². The van der Waals surface area contributed by atoms with Crippen molar-refractivity contribution in [3.8, 4) is 0 Å². The lowest BCUT2D eigenvalue weighted by Gasteiger charge is -2.05. The average Bonchev–Trinajstić information content (AvgIpc) is 2.89. The van der Waals surface area contributed by atoms with Gasteiger partial charge >= 0.3 is 0 Å². The summed E-state index contributed by atoms with van der Waals surface area (Å²) in [5.74, 6) is 0.141. The number of nitrogens with one attached hydrogen (secondary N) is 2. The van der Waals surface area contributed by atoms with Gasteiger partial charge in [0.05, 0.1) is 5.92 Å². The van der Waals surface area contributed by atoms with Gasteiger partial charge in [-0.25, -0.2) is 0 Å². The Balaban J connectivity index is 1.89. The molecule has 16 heavy (non-hydrogen) atoms. The number of aryl methyl sites for hydroxylation is 1. The molecule has 2 N–H and O–H groups in total. The molecule has 6 heteroatoms. The minimum absolute atomic E-state index is 0.0594. The van der Waals surface area contributed by atoms with Crippen LogP contribution in [0.4, 0.5) is 5.13 Å². The van der Waals surface area contributed by atoms with Crippen LogP contribution in [0.3, 0.4) is 0 Å². The largest absolute Gasteiger partial charge is 0.316 e. The van der Waals surface area contributed by atoms with E-state index in [2.05, 4.69) is 27.8 Å². The van der Waals surface area contributed by atoms with Gasteiger partial charge in [0.15, 0.2) is 0 Å². The molecule has 0 saturated carbocycles. The number of nitrogens with zero attached hydrogens (tertiary/aromatic N) is 2. The van der Waals surface area contributed by atoms with Crippen LogP contribution < -0.4 is 10.6 Å². The number of aromatic nitrogens is 2. The van der Waals surface area contributed by atoms with Gasteiger partial charge in [-0.05, 0) is 19.4 Å². The van der Waals surface area contributed by atoms with Crippen molar-refractivity contribution in [3.05, 3.63) is 5.01 Å². The molecule has 1 aliphatic rings. The first-order valence-corrected chi connectivity index (χ1v) is 6.45. The molecule has 1 aromatic rings. The molecule has 2 rings (SSSR count). The number of carbonyl (C=O) groups excluding carboxylic acids is 1. The van der Waals surface area contributed by atoms with Crippen LogP contribution >= 0.6 is 11.3 Å². The molecule has 0 spiro atoms. The highest BCUT2D eigenvalue weighted by Gasteiger charge is 2.23. The fourth-order valence-electron chi connectivity index (χ4n) is 1.70. The Kier molecular flexibility index (Phi) is 3.84. The topological polar surface area (TPSA) is 66.9 Å². The summed E-state index contributed by atoms with van der Waals surface area (Å²) >= 11 is 1.47. The van der Waals surface area contributed by atoms with Crippen molar-refractivity contribution in [2.24, 2.45) is 5.92 Å². The highest BCUT2D eigenvalue weighted by Crippen LogP contribution is 2.18. The molecular formula is C10H16N4OS. The lowest BCUT2D eigenvalue weighted by atomic mass is 10.1. The molecule has 1 fully saturated rings. The first-order valence-electron chi connectivity index (χ1n) is 5.63.